The first-order valence-electron chi connectivity index (χ1n) is 9.96. The van der Waals surface area contributed by atoms with Crippen molar-refractivity contribution in [1.29, 1.82) is 0 Å². The van der Waals surface area contributed by atoms with Crippen LogP contribution < -0.4 is 5.73 Å². The van der Waals surface area contributed by atoms with Crippen LogP contribution in [0.15, 0.2) is 54.6 Å². The fourth-order valence-electron chi connectivity index (χ4n) is 3.87. The molecule has 3 rings (SSSR count). The molecule has 1 fully saturated rings. The molecule has 1 heterocycles. The monoisotopic (exact) mass is 431 g/mol. The van der Waals surface area contributed by atoms with Crippen LogP contribution in [0, 0.1) is 0 Å². The summed E-state index contributed by atoms with van der Waals surface area (Å²) in [5, 5.41) is 11.0. The van der Waals surface area contributed by atoms with Gasteiger partial charge in [0.1, 0.15) is 0 Å². The highest BCUT2D eigenvalue weighted by Gasteiger charge is 2.38. The number of rotatable bonds is 7. The largest absolute Gasteiger partial charge is 0.372 e. The second-order valence-corrected chi connectivity index (χ2v) is 9.97. The van der Waals surface area contributed by atoms with Gasteiger partial charge in [-0.25, -0.2) is 12.7 Å². The van der Waals surface area contributed by atoms with E-state index in [1.807, 2.05) is 7.05 Å². The smallest absolute Gasteiger partial charge is 0.258 e. The normalized spacial score (nSPS) is 18.3. The van der Waals surface area contributed by atoms with E-state index in [0.29, 0.717) is 16.7 Å². The summed E-state index contributed by atoms with van der Waals surface area (Å²) in [6.45, 7) is 1.76. The molecule has 162 valence electrons. The summed E-state index contributed by atoms with van der Waals surface area (Å²) in [6, 6.07) is 14.8. The number of nitrogens with zero attached hydrogens (tertiary/aromatic N) is 2. The average Bonchev–Trinajstić information content (AvgIpc) is 2.74. The number of aliphatic hydroxyl groups is 1. The van der Waals surface area contributed by atoms with Crippen molar-refractivity contribution in [3.63, 3.8) is 0 Å². The molecule has 0 spiro atoms. The third-order valence-electron chi connectivity index (χ3n) is 5.91. The number of piperidine rings is 1. The van der Waals surface area contributed by atoms with E-state index in [1.54, 1.807) is 61.6 Å². The van der Waals surface area contributed by atoms with Gasteiger partial charge in [-0.2, -0.15) is 0 Å². The second-order valence-electron chi connectivity index (χ2n) is 7.94. The highest BCUT2D eigenvalue weighted by molar-refractivity contribution is 7.88. The molecule has 1 saturated heterocycles. The molecule has 3 N–H and O–H groups in total. The van der Waals surface area contributed by atoms with E-state index in [0.717, 1.165) is 25.9 Å². The number of benzene rings is 2. The first-order chi connectivity index (χ1) is 14.1. The summed E-state index contributed by atoms with van der Waals surface area (Å²) in [7, 11) is 0.190. The number of amides is 1. The number of nitrogens with two attached hydrogens (primary N) is 1. The summed E-state index contributed by atoms with van der Waals surface area (Å²) >= 11 is 0. The van der Waals surface area contributed by atoms with Gasteiger partial charge in [-0.15, -0.1) is 0 Å². The molecule has 8 heteroatoms. The third kappa shape index (κ3) is 4.57. The molecular weight excluding hydrogens is 402 g/mol. The van der Waals surface area contributed by atoms with Crippen LogP contribution in [-0.2, 0) is 26.2 Å². The predicted octanol–water partition coefficient (Wildman–Crippen LogP) is 1.26. The number of hydrogen-bond donors (Lipinski definition) is 2. The van der Waals surface area contributed by atoms with Gasteiger partial charge in [0.15, 0.2) is 5.60 Å². The lowest BCUT2D eigenvalue weighted by atomic mass is 9.85. The van der Waals surface area contributed by atoms with Crippen molar-refractivity contribution in [1.82, 2.24) is 9.21 Å². The van der Waals surface area contributed by atoms with E-state index in [-0.39, 0.29) is 11.8 Å². The minimum absolute atomic E-state index is 0.00325. The molecule has 1 amide bonds. The Morgan fingerprint density at radius 2 is 1.63 bits per heavy atom. The van der Waals surface area contributed by atoms with Crippen LogP contribution in [0.3, 0.4) is 0 Å². The number of carbonyl (C=O) groups is 1. The Bertz CT molecular complexity index is 971. The molecule has 0 aliphatic carbocycles. The zero-order valence-corrected chi connectivity index (χ0v) is 18.2. The van der Waals surface area contributed by atoms with E-state index in [1.165, 1.54) is 4.31 Å². The first kappa shape index (κ1) is 22.4. The van der Waals surface area contributed by atoms with Gasteiger partial charge >= 0.3 is 0 Å². The van der Waals surface area contributed by atoms with Crippen molar-refractivity contribution in [3.8, 4) is 0 Å². The molecule has 0 aromatic heterocycles. The number of likely N-dealkylation sites (tertiary alicyclic amines) is 1. The van der Waals surface area contributed by atoms with E-state index < -0.39 is 21.5 Å². The van der Waals surface area contributed by atoms with Crippen LogP contribution in [0.4, 0.5) is 0 Å². The fourth-order valence-corrected chi connectivity index (χ4v) is 5.35. The van der Waals surface area contributed by atoms with E-state index in [4.69, 9.17) is 5.73 Å². The molecule has 1 aliphatic rings. The standard InChI is InChI=1S/C22H29N3O4S/c1-24-14-12-20(13-15-24)25(2)30(28,29)16-17-8-10-19(11-9-17)22(27,21(23)26)18-6-4-3-5-7-18/h3-11,20,27H,12-16H2,1-2H3,(H2,23,26). The molecule has 0 bridgehead atoms. The highest BCUT2D eigenvalue weighted by atomic mass is 32.2. The van der Waals surface area contributed by atoms with Crippen molar-refractivity contribution in [2.75, 3.05) is 27.2 Å². The highest BCUT2D eigenvalue weighted by Crippen LogP contribution is 2.30. The van der Waals surface area contributed by atoms with Gasteiger partial charge < -0.3 is 15.7 Å². The molecule has 1 atom stereocenters. The Morgan fingerprint density at radius 1 is 1.10 bits per heavy atom. The lowest BCUT2D eigenvalue weighted by Gasteiger charge is -2.34. The first-order valence-corrected chi connectivity index (χ1v) is 11.6. The SMILES string of the molecule is CN1CCC(N(C)S(=O)(=O)Cc2ccc(C(O)(C(N)=O)c3ccccc3)cc2)CC1. The summed E-state index contributed by atoms with van der Waals surface area (Å²) in [6.07, 6.45) is 1.63. The quantitative estimate of drug-likeness (QED) is 0.687. The van der Waals surface area contributed by atoms with Crippen molar-refractivity contribution in [2.45, 2.75) is 30.2 Å². The number of carbonyl (C=O) groups excluding carboxylic acids is 1. The molecular formula is C22H29N3O4S. The van der Waals surface area contributed by atoms with Gasteiger partial charge in [0.2, 0.25) is 10.0 Å². The van der Waals surface area contributed by atoms with Crippen LogP contribution in [0.2, 0.25) is 0 Å². The van der Waals surface area contributed by atoms with Crippen molar-refractivity contribution >= 4 is 15.9 Å². The van der Waals surface area contributed by atoms with Gasteiger partial charge in [0, 0.05) is 13.1 Å². The summed E-state index contributed by atoms with van der Waals surface area (Å²) in [4.78, 5) is 14.3. The second kappa shape index (κ2) is 8.85. The minimum atomic E-state index is -3.49. The van der Waals surface area contributed by atoms with Crippen molar-refractivity contribution < 1.29 is 18.3 Å². The van der Waals surface area contributed by atoms with Gasteiger partial charge in [-0.1, -0.05) is 54.6 Å². The maximum Gasteiger partial charge on any atom is 0.258 e. The van der Waals surface area contributed by atoms with Crippen LogP contribution in [0.1, 0.15) is 29.5 Å². The summed E-state index contributed by atoms with van der Waals surface area (Å²) in [5.74, 6) is -1.03. The number of primary amides is 1. The van der Waals surface area contributed by atoms with Gasteiger partial charge in [0.05, 0.1) is 5.75 Å². The molecule has 30 heavy (non-hydrogen) atoms. The summed E-state index contributed by atoms with van der Waals surface area (Å²) in [5.41, 5.74) is 4.77. The van der Waals surface area contributed by atoms with Crippen molar-refractivity contribution in [3.05, 3.63) is 71.3 Å². The predicted molar refractivity (Wildman–Crippen MR) is 116 cm³/mol. The average molecular weight is 432 g/mol. The van der Waals surface area contributed by atoms with Gasteiger partial charge in [-0.3, -0.25) is 4.79 Å². The lowest BCUT2D eigenvalue weighted by molar-refractivity contribution is -0.133. The molecule has 2 aromatic rings. The Hall–Kier alpha value is -2.26. The van der Waals surface area contributed by atoms with Crippen LogP contribution in [0.5, 0.6) is 0 Å². The van der Waals surface area contributed by atoms with E-state index >= 15 is 0 Å². The van der Waals surface area contributed by atoms with Crippen molar-refractivity contribution in [2.24, 2.45) is 5.73 Å². The number of hydrogen-bond acceptors (Lipinski definition) is 5. The molecule has 1 unspecified atom stereocenters. The Balaban J connectivity index is 1.79. The van der Waals surface area contributed by atoms with E-state index in [9.17, 15) is 18.3 Å². The molecule has 2 aromatic carbocycles. The topological polar surface area (TPSA) is 104 Å². The zero-order chi connectivity index (χ0) is 21.9. The lowest BCUT2D eigenvalue weighted by Crippen LogP contribution is -2.44. The Kier molecular flexibility index (Phi) is 6.62. The Morgan fingerprint density at radius 3 is 2.17 bits per heavy atom. The Labute approximate surface area is 178 Å². The molecule has 0 saturated carbocycles. The zero-order valence-electron chi connectivity index (χ0n) is 17.4. The third-order valence-corrected chi connectivity index (χ3v) is 7.78. The van der Waals surface area contributed by atoms with Gasteiger partial charge in [-0.05, 0) is 49.7 Å². The maximum absolute atomic E-state index is 12.9. The molecule has 7 nitrogen and oxygen atoms in total. The maximum atomic E-state index is 12.9. The van der Waals surface area contributed by atoms with E-state index in [2.05, 4.69) is 4.90 Å². The number of sulfonamides is 1. The fraction of sp³-hybridized carbons (Fsp3) is 0.409. The molecule has 1 aliphatic heterocycles. The van der Waals surface area contributed by atoms with Gasteiger partial charge in [0.25, 0.3) is 5.91 Å². The van der Waals surface area contributed by atoms with Crippen LogP contribution in [0.25, 0.3) is 0 Å². The summed E-state index contributed by atoms with van der Waals surface area (Å²) < 4.78 is 27.2. The van der Waals surface area contributed by atoms with Crippen LogP contribution in [-0.4, -0.2) is 61.9 Å². The van der Waals surface area contributed by atoms with Crippen LogP contribution >= 0.6 is 0 Å². The minimum Gasteiger partial charge on any atom is -0.372 e. The molecule has 0 radical (unpaired) electrons.